The molecule has 0 bridgehead atoms. The Morgan fingerprint density at radius 1 is 1.23 bits per heavy atom. The second kappa shape index (κ2) is 8.51. The minimum atomic E-state index is -0.0683. The predicted molar refractivity (Wildman–Crippen MR) is 127 cm³/mol. The van der Waals surface area contributed by atoms with Gasteiger partial charge in [-0.1, -0.05) is 6.07 Å². The summed E-state index contributed by atoms with van der Waals surface area (Å²) in [5.74, 6) is 2.28. The van der Waals surface area contributed by atoms with E-state index < -0.39 is 0 Å². The molecule has 2 fully saturated rings. The number of hydrogen-bond donors (Lipinski definition) is 3. The Balaban J connectivity index is 1.43. The number of amides is 1. The van der Waals surface area contributed by atoms with Crippen LogP contribution in [0.25, 0.3) is 22.0 Å². The summed E-state index contributed by atoms with van der Waals surface area (Å²) in [6.07, 6.45) is 7.60. The number of fused-ring (bicyclic) bond motifs is 1. The highest BCUT2D eigenvalue weighted by molar-refractivity contribution is 7.99. The lowest BCUT2D eigenvalue weighted by Gasteiger charge is -2.26. The van der Waals surface area contributed by atoms with E-state index in [4.69, 9.17) is 0 Å². The van der Waals surface area contributed by atoms with Crippen LogP contribution in [0, 0.1) is 0 Å². The minimum Gasteiger partial charge on any atom is -0.379 e. The Morgan fingerprint density at radius 2 is 2.06 bits per heavy atom. The normalized spacial score (nSPS) is 18.1. The molecule has 1 aliphatic heterocycles. The molecule has 2 aromatic heterocycles. The maximum absolute atomic E-state index is 13.1. The van der Waals surface area contributed by atoms with Crippen LogP contribution in [-0.4, -0.2) is 69.2 Å². The van der Waals surface area contributed by atoms with Crippen LogP contribution in [-0.2, 0) is 0 Å². The number of hydrogen-bond acceptors (Lipinski definition) is 6. The van der Waals surface area contributed by atoms with Crippen LogP contribution in [0.5, 0.6) is 0 Å². The van der Waals surface area contributed by atoms with Crippen molar-refractivity contribution in [3.05, 3.63) is 42.4 Å². The van der Waals surface area contributed by atoms with Crippen molar-refractivity contribution in [3.63, 3.8) is 0 Å². The molecular formula is C23H28N6OS. The predicted octanol–water partition coefficient (Wildman–Crippen LogP) is 3.37. The molecule has 1 saturated carbocycles. The molecular weight excluding hydrogens is 408 g/mol. The van der Waals surface area contributed by atoms with Crippen molar-refractivity contribution in [1.82, 2.24) is 25.4 Å². The Labute approximate surface area is 186 Å². The highest BCUT2D eigenvalue weighted by Gasteiger charge is 2.38. The van der Waals surface area contributed by atoms with Crippen LogP contribution >= 0.6 is 11.8 Å². The van der Waals surface area contributed by atoms with Gasteiger partial charge >= 0.3 is 0 Å². The van der Waals surface area contributed by atoms with Crippen LogP contribution in [0.1, 0.15) is 30.1 Å². The highest BCUT2D eigenvalue weighted by Crippen LogP contribution is 2.41. The van der Waals surface area contributed by atoms with Crippen LogP contribution < -0.4 is 10.6 Å². The molecule has 0 radical (unpaired) electrons. The summed E-state index contributed by atoms with van der Waals surface area (Å²) in [4.78, 5) is 20.2. The summed E-state index contributed by atoms with van der Waals surface area (Å²) >= 11 is 2.00. The number of carbonyl (C=O) groups is 1. The number of nitrogens with one attached hydrogen (secondary N) is 3. The quantitative estimate of drug-likeness (QED) is 0.527. The van der Waals surface area contributed by atoms with E-state index in [0.29, 0.717) is 12.1 Å². The number of H-pyrrole nitrogens is 1. The third-order valence-corrected chi connectivity index (χ3v) is 7.13. The Kier molecular flexibility index (Phi) is 5.58. The van der Waals surface area contributed by atoms with Gasteiger partial charge in [-0.25, -0.2) is 0 Å². The molecule has 0 unspecified atom stereocenters. The molecule has 31 heavy (non-hydrogen) atoms. The number of nitrogens with zero attached hydrogens (tertiary/aromatic N) is 3. The average molecular weight is 437 g/mol. The lowest BCUT2D eigenvalue weighted by molar-refractivity contribution is 0.0949. The number of rotatable bonds is 7. The van der Waals surface area contributed by atoms with E-state index in [-0.39, 0.29) is 11.4 Å². The first-order chi connectivity index (χ1) is 15.1. The summed E-state index contributed by atoms with van der Waals surface area (Å²) in [6.45, 7) is 5.93. The molecule has 3 N–H and O–H groups in total. The molecule has 1 amide bonds. The highest BCUT2D eigenvalue weighted by atomic mass is 32.2. The van der Waals surface area contributed by atoms with Gasteiger partial charge in [-0.05, 0) is 37.5 Å². The van der Waals surface area contributed by atoms with E-state index in [9.17, 15) is 4.79 Å². The van der Waals surface area contributed by atoms with Gasteiger partial charge < -0.3 is 10.6 Å². The van der Waals surface area contributed by atoms with E-state index >= 15 is 0 Å². The molecule has 162 valence electrons. The van der Waals surface area contributed by atoms with Crippen molar-refractivity contribution in [2.24, 2.45) is 0 Å². The fourth-order valence-corrected chi connectivity index (χ4v) is 4.93. The monoisotopic (exact) mass is 436 g/mol. The van der Waals surface area contributed by atoms with Gasteiger partial charge in [-0.15, -0.1) is 0 Å². The summed E-state index contributed by atoms with van der Waals surface area (Å²) in [5, 5.41) is 14.7. The van der Waals surface area contributed by atoms with Gasteiger partial charge in [0.05, 0.1) is 23.0 Å². The van der Waals surface area contributed by atoms with Crippen LogP contribution in [0.15, 0.2) is 36.8 Å². The zero-order valence-corrected chi connectivity index (χ0v) is 18.6. The zero-order chi connectivity index (χ0) is 21.3. The summed E-state index contributed by atoms with van der Waals surface area (Å²) in [7, 11) is 0. The lowest BCUT2D eigenvalue weighted by Crippen LogP contribution is -2.39. The van der Waals surface area contributed by atoms with Crippen LogP contribution in [0.4, 0.5) is 5.69 Å². The third-order valence-electron chi connectivity index (χ3n) is 6.19. The molecule has 5 rings (SSSR count). The first-order valence-electron chi connectivity index (χ1n) is 10.9. The number of anilines is 1. The molecule has 7 nitrogen and oxygen atoms in total. The Bertz CT molecular complexity index is 1070. The molecule has 8 heteroatoms. The van der Waals surface area contributed by atoms with Gasteiger partial charge in [0, 0.05) is 66.6 Å². The van der Waals surface area contributed by atoms with Gasteiger partial charge in [-0.2, -0.15) is 16.9 Å². The van der Waals surface area contributed by atoms with Crippen LogP contribution in [0.3, 0.4) is 0 Å². The first kappa shape index (κ1) is 20.3. The molecule has 1 aromatic carbocycles. The van der Waals surface area contributed by atoms with Crippen LogP contribution in [0.2, 0.25) is 0 Å². The zero-order valence-electron chi connectivity index (χ0n) is 17.8. The lowest BCUT2D eigenvalue weighted by atomic mass is 10.0. The molecule has 1 saturated heterocycles. The van der Waals surface area contributed by atoms with Crippen molar-refractivity contribution in [2.75, 3.05) is 43.0 Å². The fourth-order valence-electron chi connectivity index (χ4n) is 3.95. The topological polar surface area (TPSA) is 85.9 Å². The molecule has 3 aromatic rings. The van der Waals surface area contributed by atoms with Gasteiger partial charge in [0.15, 0.2) is 0 Å². The number of aromatic nitrogens is 3. The molecule has 0 atom stereocenters. The minimum absolute atomic E-state index is 0.0421. The fraction of sp³-hybridized carbons (Fsp3) is 0.435. The Morgan fingerprint density at radius 3 is 2.81 bits per heavy atom. The number of thioether (sulfide) groups is 1. The van der Waals surface area contributed by atoms with Gasteiger partial charge in [-0.3, -0.25) is 19.8 Å². The number of benzene rings is 1. The van der Waals surface area contributed by atoms with E-state index in [1.165, 1.54) is 11.5 Å². The summed E-state index contributed by atoms with van der Waals surface area (Å²) < 4.78 is 0. The van der Waals surface area contributed by atoms with E-state index in [1.807, 2.05) is 30.1 Å². The van der Waals surface area contributed by atoms with Crippen molar-refractivity contribution in [1.29, 1.82) is 0 Å². The maximum atomic E-state index is 13.1. The van der Waals surface area contributed by atoms with Gasteiger partial charge in [0.2, 0.25) is 0 Å². The molecule has 1 aliphatic carbocycles. The second-order valence-electron chi connectivity index (χ2n) is 8.66. The number of pyridine rings is 1. The van der Waals surface area contributed by atoms with Crippen molar-refractivity contribution < 1.29 is 4.79 Å². The average Bonchev–Trinajstić information content (AvgIpc) is 3.27. The number of carbonyl (C=O) groups excluding carboxylic acids is 1. The maximum Gasteiger partial charge on any atom is 0.255 e. The number of aromatic amines is 1. The second-order valence-corrected chi connectivity index (χ2v) is 9.89. The first-order valence-corrected chi connectivity index (χ1v) is 12.1. The third kappa shape index (κ3) is 4.55. The van der Waals surface area contributed by atoms with E-state index in [1.54, 1.807) is 12.4 Å². The Hall–Kier alpha value is -2.58. The van der Waals surface area contributed by atoms with E-state index in [2.05, 4.69) is 43.7 Å². The van der Waals surface area contributed by atoms with Crippen molar-refractivity contribution in [3.8, 4) is 11.1 Å². The van der Waals surface area contributed by atoms with Crippen molar-refractivity contribution in [2.45, 2.75) is 25.3 Å². The summed E-state index contributed by atoms with van der Waals surface area (Å²) in [6, 6.07) is 6.15. The van der Waals surface area contributed by atoms with Gasteiger partial charge in [0.1, 0.15) is 0 Å². The smallest absolute Gasteiger partial charge is 0.255 e. The SMILES string of the molecule is CC1(Nc2c(C(=O)NCCN3CCSCC3)cnc3ccc(-c4cn[nH]c4)cc23)CC1. The molecule has 3 heterocycles. The molecule has 2 aliphatic rings. The largest absolute Gasteiger partial charge is 0.379 e. The van der Waals surface area contributed by atoms with Gasteiger partial charge in [0.25, 0.3) is 5.91 Å². The van der Waals surface area contributed by atoms with Crippen molar-refractivity contribution >= 4 is 34.3 Å². The molecule has 0 spiro atoms. The summed E-state index contributed by atoms with van der Waals surface area (Å²) in [5.41, 5.74) is 4.47. The van der Waals surface area contributed by atoms with E-state index in [0.717, 1.165) is 60.2 Å². The standard InChI is InChI=1S/C23H28N6OS/c1-23(4-5-23)28-21-18-12-16(17-13-26-27-14-17)2-3-20(18)25-15-19(21)22(30)24-6-7-29-8-10-31-11-9-29/h2-3,12-15H,4-11H2,1H3,(H,24,30)(H,25,28)(H,26,27).